The Kier molecular flexibility index (Phi) is 6.68. The summed E-state index contributed by atoms with van der Waals surface area (Å²) >= 11 is 0. The standard InChI is InChI=1S/C15H22N2O4/c1-11(2)17(9-12-7-5-4-6-8-12)15(20)16-13(10-21-3)14(18)19/h4-8,11,13H,9-10H2,1-3H3,(H,16,20)(H,18,19). The van der Waals surface area contributed by atoms with Crippen LogP contribution in [0.5, 0.6) is 0 Å². The monoisotopic (exact) mass is 294 g/mol. The molecule has 1 atom stereocenters. The van der Waals surface area contributed by atoms with E-state index < -0.39 is 18.0 Å². The molecule has 116 valence electrons. The van der Waals surface area contributed by atoms with Crippen molar-refractivity contribution in [3.8, 4) is 0 Å². The minimum atomic E-state index is -1.12. The molecular formula is C15H22N2O4. The molecule has 0 saturated carbocycles. The molecule has 2 N–H and O–H groups in total. The summed E-state index contributed by atoms with van der Waals surface area (Å²) in [7, 11) is 1.40. The minimum absolute atomic E-state index is 0.0535. The Hall–Kier alpha value is -2.08. The molecular weight excluding hydrogens is 272 g/mol. The molecule has 21 heavy (non-hydrogen) atoms. The highest BCUT2D eigenvalue weighted by Gasteiger charge is 2.24. The smallest absolute Gasteiger partial charge is 0.328 e. The number of nitrogens with zero attached hydrogens (tertiary/aromatic N) is 1. The molecule has 1 rings (SSSR count). The first-order chi connectivity index (χ1) is 9.95. The van der Waals surface area contributed by atoms with Crippen molar-refractivity contribution in [2.24, 2.45) is 0 Å². The second-order valence-corrected chi connectivity index (χ2v) is 5.00. The molecule has 0 bridgehead atoms. The topological polar surface area (TPSA) is 78.9 Å². The Morgan fingerprint density at radius 3 is 2.38 bits per heavy atom. The predicted octanol–water partition coefficient (Wildman–Crippen LogP) is 1.71. The third-order valence-electron chi connectivity index (χ3n) is 3.01. The molecule has 0 aliphatic rings. The van der Waals surface area contributed by atoms with E-state index in [0.717, 1.165) is 5.56 Å². The van der Waals surface area contributed by atoms with Crippen LogP contribution in [-0.4, -0.2) is 47.8 Å². The molecule has 0 radical (unpaired) electrons. The van der Waals surface area contributed by atoms with Gasteiger partial charge in [0.25, 0.3) is 0 Å². The summed E-state index contributed by atoms with van der Waals surface area (Å²) in [5, 5.41) is 11.5. The molecule has 0 aliphatic heterocycles. The number of aliphatic carboxylic acids is 1. The van der Waals surface area contributed by atoms with E-state index >= 15 is 0 Å². The second-order valence-electron chi connectivity index (χ2n) is 5.00. The van der Waals surface area contributed by atoms with E-state index in [1.807, 2.05) is 44.2 Å². The fraction of sp³-hybridized carbons (Fsp3) is 0.467. The van der Waals surface area contributed by atoms with Crippen LogP contribution in [0.4, 0.5) is 4.79 Å². The normalized spacial score (nSPS) is 12.0. The number of carboxylic acid groups (broad SMARTS) is 1. The summed E-state index contributed by atoms with van der Waals surface area (Å²) in [6.07, 6.45) is 0. The molecule has 0 aromatic heterocycles. The van der Waals surface area contributed by atoms with Crippen LogP contribution in [0, 0.1) is 0 Å². The number of urea groups is 1. The van der Waals surface area contributed by atoms with Crippen LogP contribution >= 0.6 is 0 Å². The Bertz CT molecular complexity index is 462. The average molecular weight is 294 g/mol. The molecule has 0 fully saturated rings. The van der Waals surface area contributed by atoms with Gasteiger partial charge in [-0.15, -0.1) is 0 Å². The van der Waals surface area contributed by atoms with Crippen molar-refractivity contribution in [2.45, 2.75) is 32.5 Å². The highest BCUT2D eigenvalue weighted by molar-refractivity contribution is 5.82. The lowest BCUT2D eigenvalue weighted by Crippen LogP contribution is -2.51. The van der Waals surface area contributed by atoms with Crippen LogP contribution in [0.25, 0.3) is 0 Å². The first kappa shape index (κ1) is 17.0. The quantitative estimate of drug-likeness (QED) is 0.802. The molecule has 0 heterocycles. The average Bonchev–Trinajstić information content (AvgIpc) is 2.44. The van der Waals surface area contributed by atoms with Crippen LogP contribution in [0.2, 0.25) is 0 Å². The summed E-state index contributed by atoms with van der Waals surface area (Å²) < 4.78 is 4.81. The van der Waals surface area contributed by atoms with Crippen molar-refractivity contribution in [2.75, 3.05) is 13.7 Å². The van der Waals surface area contributed by atoms with Gasteiger partial charge in [-0.3, -0.25) is 0 Å². The fourth-order valence-corrected chi connectivity index (χ4v) is 1.84. The zero-order valence-electron chi connectivity index (χ0n) is 12.6. The van der Waals surface area contributed by atoms with Gasteiger partial charge in [-0.05, 0) is 19.4 Å². The van der Waals surface area contributed by atoms with Crippen molar-refractivity contribution in [1.29, 1.82) is 0 Å². The number of hydrogen-bond acceptors (Lipinski definition) is 3. The lowest BCUT2D eigenvalue weighted by atomic mass is 10.2. The van der Waals surface area contributed by atoms with Gasteiger partial charge in [-0.25, -0.2) is 9.59 Å². The van der Waals surface area contributed by atoms with Gasteiger partial charge in [0.05, 0.1) is 6.61 Å². The van der Waals surface area contributed by atoms with Gasteiger partial charge in [-0.1, -0.05) is 30.3 Å². The van der Waals surface area contributed by atoms with E-state index in [9.17, 15) is 9.59 Å². The summed E-state index contributed by atoms with van der Waals surface area (Å²) in [5.74, 6) is -1.12. The van der Waals surface area contributed by atoms with Crippen molar-refractivity contribution < 1.29 is 19.4 Å². The number of hydrogen-bond donors (Lipinski definition) is 2. The fourth-order valence-electron chi connectivity index (χ4n) is 1.84. The Labute approximate surface area is 124 Å². The number of amides is 2. The number of rotatable bonds is 7. The minimum Gasteiger partial charge on any atom is -0.480 e. The summed E-state index contributed by atoms with van der Waals surface area (Å²) in [5.41, 5.74) is 0.986. The zero-order valence-corrected chi connectivity index (χ0v) is 12.6. The van der Waals surface area contributed by atoms with Crippen molar-refractivity contribution in [3.63, 3.8) is 0 Å². The highest BCUT2D eigenvalue weighted by Crippen LogP contribution is 2.08. The number of methoxy groups -OCH3 is 1. The van der Waals surface area contributed by atoms with E-state index in [1.54, 1.807) is 4.90 Å². The molecule has 1 aromatic rings. The summed E-state index contributed by atoms with van der Waals surface area (Å²) in [6, 6.07) is 8.02. The first-order valence-electron chi connectivity index (χ1n) is 6.78. The van der Waals surface area contributed by atoms with Gasteiger partial charge < -0.3 is 20.1 Å². The van der Waals surface area contributed by atoms with Crippen LogP contribution in [0.15, 0.2) is 30.3 Å². The zero-order chi connectivity index (χ0) is 15.8. The number of ether oxygens (including phenoxy) is 1. The molecule has 6 nitrogen and oxygen atoms in total. The highest BCUT2D eigenvalue weighted by atomic mass is 16.5. The van der Waals surface area contributed by atoms with Gasteiger partial charge in [0.1, 0.15) is 0 Å². The Morgan fingerprint density at radius 1 is 1.29 bits per heavy atom. The third-order valence-corrected chi connectivity index (χ3v) is 3.01. The van der Waals surface area contributed by atoms with Gasteiger partial charge in [0.2, 0.25) is 0 Å². The molecule has 1 aromatic carbocycles. The number of carbonyl (C=O) groups is 2. The molecule has 0 aliphatic carbocycles. The van der Waals surface area contributed by atoms with Crippen molar-refractivity contribution >= 4 is 12.0 Å². The summed E-state index contributed by atoms with van der Waals surface area (Å²) in [4.78, 5) is 24.9. The van der Waals surface area contributed by atoms with Gasteiger partial charge in [-0.2, -0.15) is 0 Å². The van der Waals surface area contributed by atoms with E-state index in [1.165, 1.54) is 7.11 Å². The lowest BCUT2D eigenvalue weighted by molar-refractivity contribution is -0.140. The van der Waals surface area contributed by atoms with E-state index in [4.69, 9.17) is 9.84 Å². The van der Waals surface area contributed by atoms with E-state index in [2.05, 4.69) is 5.32 Å². The largest absolute Gasteiger partial charge is 0.480 e. The van der Waals surface area contributed by atoms with Crippen LogP contribution in [-0.2, 0) is 16.1 Å². The maximum atomic E-state index is 12.3. The molecule has 1 unspecified atom stereocenters. The Morgan fingerprint density at radius 2 is 1.90 bits per heavy atom. The number of benzene rings is 1. The summed E-state index contributed by atoms with van der Waals surface area (Å²) in [6.45, 7) is 4.12. The third kappa shape index (κ3) is 5.43. The number of nitrogens with one attached hydrogen (secondary N) is 1. The lowest BCUT2D eigenvalue weighted by Gasteiger charge is -2.28. The maximum absolute atomic E-state index is 12.3. The van der Waals surface area contributed by atoms with Gasteiger partial charge >= 0.3 is 12.0 Å². The second kappa shape index (κ2) is 8.26. The molecule has 6 heteroatoms. The SMILES string of the molecule is COCC(NC(=O)N(Cc1ccccc1)C(C)C)C(=O)O. The van der Waals surface area contributed by atoms with Crippen molar-refractivity contribution in [1.82, 2.24) is 10.2 Å². The number of carbonyl (C=O) groups excluding carboxylic acids is 1. The van der Waals surface area contributed by atoms with Gasteiger partial charge in [0, 0.05) is 19.7 Å². The molecule has 0 spiro atoms. The van der Waals surface area contributed by atoms with E-state index in [-0.39, 0.29) is 12.6 Å². The Balaban J connectivity index is 2.75. The van der Waals surface area contributed by atoms with Crippen LogP contribution in [0.1, 0.15) is 19.4 Å². The first-order valence-corrected chi connectivity index (χ1v) is 6.78. The van der Waals surface area contributed by atoms with Crippen molar-refractivity contribution in [3.05, 3.63) is 35.9 Å². The maximum Gasteiger partial charge on any atom is 0.328 e. The van der Waals surface area contributed by atoms with E-state index in [0.29, 0.717) is 6.54 Å². The van der Waals surface area contributed by atoms with Crippen LogP contribution < -0.4 is 5.32 Å². The molecule has 2 amide bonds. The predicted molar refractivity (Wildman–Crippen MR) is 79.0 cm³/mol. The molecule has 0 saturated heterocycles. The van der Waals surface area contributed by atoms with Crippen LogP contribution in [0.3, 0.4) is 0 Å². The number of carboxylic acids is 1. The van der Waals surface area contributed by atoms with Gasteiger partial charge in [0.15, 0.2) is 6.04 Å².